The Bertz CT molecular complexity index is 1280. The van der Waals surface area contributed by atoms with E-state index >= 15 is 0 Å². The lowest BCUT2D eigenvalue weighted by molar-refractivity contribution is 0.1000. The highest BCUT2D eigenvalue weighted by molar-refractivity contribution is 8.00. The fourth-order valence-corrected chi connectivity index (χ4v) is 3.66. The van der Waals surface area contributed by atoms with Gasteiger partial charge in [-0.3, -0.25) is 4.79 Å². The first-order chi connectivity index (χ1) is 16.4. The van der Waals surface area contributed by atoms with Crippen molar-refractivity contribution >= 4 is 46.2 Å². The predicted molar refractivity (Wildman–Crippen MR) is 140 cm³/mol. The second-order valence-electron chi connectivity index (χ2n) is 7.31. The molecule has 1 amide bonds. The molecule has 5 N–H and O–H groups in total. The molecule has 0 bridgehead atoms. The average molecular weight is 477 g/mol. The maximum Gasteiger partial charge on any atom is 0.248 e. The molecule has 0 radical (unpaired) electrons. The smallest absolute Gasteiger partial charge is 0.248 e. The first-order valence-corrected chi connectivity index (χ1v) is 11.4. The summed E-state index contributed by atoms with van der Waals surface area (Å²) in [5.41, 5.74) is 9.29. The van der Waals surface area contributed by atoms with Crippen molar-refractivity contribution in [2.75, 3.05) is 31.2 Å². The molecule has 0 aliphatic rings. The molecule has 176 valence electrons. The van der Waals surface area contributed by atoms with Crippen molar-refractivity contribution in [3.63, 3.8) is 0 Å². The fourth-order valence-electron chi connectivity index (χ4n) is 2.97. The molecule has 0 atom stereocenters. The van der Waals surface area contributed by atoms with Gasteiger partial charge < -0.3 is 25.8 Å². The van der Waals surface area contributed by atoms with E-state index < -0.39 is 5.91 Å². The van der Waals surface area contributed by atoms with E-state index in [-0.39, 0.29) is 0 Å². The largest absolute Gasteiger partial charge is 0.497 e. The van der Waals surface area contributed by atoms with Crippen molar-refractivity contribution in [3.8, 4) is 5.75 Å². The van der Waals surface area contributed by atoms with Crippen molar-refractivity contribution in [1.82, 2.24) is 15.3 Å². The molecule has 1 aromatic heterocycles. The van der Waals surface area contributed by atoms with Gasteiger partial charge in [0.05, 0.1) is 18.1 Å². The summed E-state index contributed by atoms with van der Waals surface area (Å²) in [6.45, 7) is 2.01. The number of carbonyl (C=O) groups is 1. The number of rotatable bonds is 7. The first kappa shape index (κ1) is 24.8. The number of para-hydroxylation sites is 2. The number of fused-ring (bicyclic) bond motifs is 1. The molecule has 4 aromatic rings. The molecule has 0 fully saturated rings. The molecule has 0 aliphatic heterocycles. The zero-order chi connectivity index (χ0) is 24.5. The van der Waals surface area contributed by atoms with Gasteiger partial charge in [0, 0.05) is 22.2 Å². The van der Waals surface area contributed by atoms with Crippen molar-refractivity contribution in [3.05, 3.63) is 77.9 Å². The highest BCUT2D eigenvalue weighted by Gasteiger charge is 2.12. The summed E-state index contributed by atoms with van der Waals surface area (Å²) in [6.07, 6.45) is 0. The molecule has 34 heavy (non-hydrogen) atoms. The highest BCUT2D eigenvalue weighted by atomic mass is 32.2. The molecule has 1 heterocycles. The van der Waals surface area contributed by atoms with Crippen molar-refractivity contribution in [1.29, 1.82) is 0 Å². The number of benzene rings is 3. The molecule has 8 nitrogen and oxygen atoms in total. The number of aromatic nitrogens is 2. The van der Waals surface area contributed by atoms with Gasteiger partial charge in [0.15, 0.2) is 11.6 Å². The number of anilines is 3. The molecule has 0 spiro atoms. The van der Waals surface area contributed by atoms with Crippen LogP contribution in [0, 0.1) is 6.92 Å². The third-order valence-corrected chi connectivity index (χ3v) is 5.44. The first-order valence-electron chi connectivity index (χ1n) is 10.5. The van der Waals surface area contributed by atoms with Crippen LogP contribution in [-0.4, -0.2) is 37.1 Å². The number of ether oxygens (including phenoxy) is 1. The number of methoxy groups -OCH3 is 1. The Morgan fingerprint density at radius 3 is 2.26 bits per heavy atom. The van der Waals surface area contributed by atoms with Gasteiger partial charge in [0.25, 0.3) is 0 Å². The van der Waals surface area contributed by atoms with E-state index in [9.17, 15) is 4.79 Å². The SMILES string of the molecule is CNC.COc1ccc(C)c(Nc2nc3ccccc3nc2NSc2cccc(C(N)=O)c2)c1. The number of primary amides is 1. The summed E-state index contributed by atoms with van der Waals surface area (Å²) in [5, 5.41) is 6.12. The maximum absolute atomic E-state index is 11.5. The number of nitrogens with zero attached hydrogens (tertiary/aromatic N) is 2. The second-order valence-corrected chi connectivity index (χ2v) is 8.19. The molecule has 0 aliphatic carbocycles. The van der Waals surface area contributed by atoms with Gasteiger partial charge in [-0.2, -0.15) is 0 Å². The van der Waals surface area contributed by atoms with E-state index in [0.29, 0.717) is 17.2 Å². The summed E-state index contributed by atoms with van der Waals surface area (Å²) in [7, 11) is 5.38. The van der Waals surface area contributed by atoms with E-state index in [2.05, 4.69) is 15.4 Å². The molecular weight excluding hydrogens is 448 g/mol. The Morgan fingerprint density at radius 1 is 0.941 bits per heavy atom. The molecule has 3 aromatic carbocycles. The number of hydrogen-bond donors (Lipinski definition) is 4. The molecule has 0 unspecified atom stereocenters. The number of nitrogens with one attached hydrogen (secondary N) is 3. The Labute approximate surface area is 203 Å². The second kappa shape index (κ2) is 11.9. The monoisotopic (exact) mass is 476 g/mol. The van der Waals surface area contributed by atoms with Crippen LogP contribution in [0.5, 0.6) is 5.75 Å². The lowest BCUT2D eigenvalue weighted by Gasteiger charge is -2.15. The van der Waals surface area contributed by atoms with Gasteiger partial charge in [-0.15, -0.1) is 0 Å². The fraction of sp³-hybridized carbons (Fsp3) is 0.160. The number of carbonyl (C=O) groups excluding carboxylic acids is 1. The minimum Gasteiger partial charge on any atom is -0.497 e. The van der Waals surface area contributed by atoms with Gasteiger partial charge in [0.1, 0.15) is 5.75 Å². The average Bonchev–Trinajstić information content (AvgIpc) is 2.84. The van der Waals surface area contributed by atoms with E-state index in [1.54, 1.807) is 25.3 Å². The number of nitrogens with two attached hydrogens (primary N) is 1. The van der Waals surface area contributed by atoms with Crippen LogP contribution in [0.15, 0.2) is 71.6 Å². The van der Waals surface area contributed by atoms with Gasteiger partial charge in [0.2, 0.25) is 5.91 Å². The summed E-state index contributed by atoms with van der Waals surface area (Å²) >= 11 is 1.33. The Kier molecular flexibility index (Phi) is 8.66. The molecule has 0 saturated carbocycles. The third kappa shape index (κ3) is 6.37. The third-order valence-electron chi connectivity index (χ3n) is 4.65. The zero-order valence-electron chi connectivity index (χ0n) is 19.5. The van der Waals surface area contributed by atoms with Crippen LogP contribution >= 0.6 is 11.9 Å². The van der Waals surface area contributed by atoms with E-state index in [4.69, 9.17) is 20.4 Å². The van der Waals surface area contributed by atoms with Crippen LogP contribution in [0.25, 0.3) is 11.0 Å². The normalized spacial score (nSPS) is 10.2. The minimum atomic E-state index is -0.469. The highest BCUT2D eigenvalue weighted by Crippen LogP contribution is 2.31. The Hall–Kier alpha value is -3.82. The molecule has 0 saturated heterocycles. The summed E-state index contributed by atoms with van der Waals surface area (Å²) in [4.78, 5) is 21.8. The quantitative estimate of drug-likeness (QED) is 0.283. The number of hydrogen-bond acceptors (Lipinski definition) is 8. The summed E-state index contributed by atoms with van der Waals surface area (Å²) in [5.74, 6) is 1.42. The van der Waals surface area contributed by atoms with Crippen molar-refractivity contribution < 1.29 is 9.53 Å². The van der Waals surface area contributed by atoms with Gasteiger partial charge in [-0.25, -0.2) is 9.97 Å². The number of amides is 1. The number of aryl methyl sites for hydroxylation is 1. The van der Waals surface area contributed by atoms with Gasteiger partial charge in [-0.05, 0) is 74.9 Å². The van der Waals surface area contributed by atoms with Crippen LogP contribution in [0.4, 0.5) is 17.3 Å². The summed E-state index contributed by atoms with van der Waals surface area (Å²) < 4.78 is 8.60. The molecule has 4 rings (SSSR count). The topological polar surface area (TPSA) is 114 Å². The molecule has 9 heteroatoms. The predicted octanol–water partition coefficient (Wildman–Crippen LogP) is 4.74. The van der Waals surface area contributed by atoms with Crippen molar-refractivity contribution in [2.24, 2.45) is 5.73 Å². The lowest BCUT2D eigenvalue weighted by atomic mass is 10.2. The van der Waals surface area contributed by atoms with E-state index in [1.165, 1.54) is 11.9 Å². The van der Waals surface area contributed by atoms with Crippen LogP contribution in [0.2, 0.25) is 0 Å². The van der Waals surface area contributed by atoms with Crippen LogP contribution in [0.1, 0.15) is 15.9 Å². The van der Waals surface area contributed by atoms with Crippen molar-refractivity contribution in [2.45, 2.75) is 11.8 Å². The van der Waals surface area contributed by atoms with E-state index in [1.807, 2.05) is 69.6 Å². The van der Waals surface area contributed by atoms with Gasteiger partial charge >= 0.3 is 0 Å². The van der Waals surface area contributed by atoms with Crippen LogP contribution < -0.4 is 25.8 Å². The molecular formula is C25H28N6O2S. The Balaban J connectivity index is 0.00000103. The maximum atomic E-state index is 11.5. The Morgan fingerprint density at radius 2 is 1.62 bits per heavy atom. The lowest BCUT2D eigenvalue weighted by Crippen LogP contribution is -2.10. The summed E-state index contributed by atoms with van der Waals surface area (Å²) in [6, 6.07) is 20.6. The van der Waals surface area contributed by atoms with Crippen LogP contribution in [0.3, 0.4) is 0 Å². The standard InChI is InChI=1S/C23H21N5O2S.C2H7N/c1-14-10-11-16(30-2)13-20(14)27-22-23(26-19-9-4-3-8-18(19)25-22)28-31-17-7-5-6-15(12-17)21(24)29;1-3-2/h3-13H,1-2H3,(H2,24,29)(H,25,27)(H,26,28);3H,1-2H3. The van der Waals surface area contributed by atoms with Crippen LogP contribution in [-0.2, 0) is 0 Å². The van der Waals surface area contributed by atoms with Gasteiger partial charge in [-0.1, -0.05) is 24.3 Å². The van der Waals surface area contributed by atoms with E-state index in [0.717, 1.165) is 32.9 Å². The zero-order valence-corrected chi connectivity index (χ0v) is 20.4. The minimum absolute atomic E-state index is 0.446.